The maximum absolute atomic E-state index is 12.3. The zero-order valence-electron chi connectivity index (χ0n) is 10.1. The van der Waals surface area contributed by atoms with Crippen molar-refractivity contribution in [1.29, 1.82) is 0 Å². The summed E-state index contributed by atoms with van der Waals surface area (Å²) in [5, 5.41) is 5.44. The number of rotatable bonds is 2. The van der Waals surface area contributed by atoms with Crippen LogP contribution in [0.4, 0.5) is 0 Å². The van der Waals surface area contributed by atoms with Crippen molar-refractivity contribution < 1.29 is 9.53 Å². The fraction of sp³-hybridized carbons (Fsp3) is 0.267. The Balaban J connectivity index is 1.91. The number of nitrogens with one attached hydrogen (secondary N) is 1. The second-order valence-electron chi connectivity index (χ2n) is 4.51. The first-order valence-corrected chi connectivity index (χ1v) is 6.19. The Bertz CT molecular complexity index is 573. The third kappa shape index (κ3) is 2.15. The molecule has 0 aromatic heterocycles. The van der Waals surface area contributed by atoms with Crippen LogP contribution in [0.2, 0.25) is 0 Å². The van der Waals surface area contributed by atoms with Gasteiger partial charge in [0.05, 0.1) is 19.3 Å². The van der Waals surface area contributed by atoms with Crippen LogP contribution >= 0.6 is 0 Å². The summed E-state index contributed by atoms with van der Waals surface area (Å²) in [7, 11) is 0. The predicted molar refractivity (Wildman–Crippen MR) is 70.9 cm³/mol. The predicted octanol–water partition coefficient (Wildman–Crippen LogP) is 2.01. The van der Waals surface area contributed by atoms with Gasteiger partial charge >= 0.3 is 0 Å². The zero-order chi connectivity index (χ0) is 12.4. The Morgan fingerprint density at radius 1 is 1.17 bits per heavy atom. The fourth-order valence-electron chi connectivity index (χ4n) is 2.28. The number of hydrogen-bond donors (Lipinski definition) is 1. The summed E-state index contributed by atoms with van der Waals surface area (Å²) in [4.78, 5) is 12.3. The van der Waals surface area contributed by atoms with Crippen molar-refractivity contribution in [3.8, 4) is 0 Å². The van der Waals surface area contributed by atoms with E-state index in [-0.39, 0.29) is 11.8 Å². The van der Waals surface area contributed by atoms with Crippen LogP contribution in [0.3, 0.4) is 0 Å². The maximum atomic E-state index is 12.3. The second kappa shape index (κ2) is 4.88. The van der Waals surface area contributed by atoms with Crippen LogP contribution in [-0.2, 0) is 4.74 Å². The molecule has 18 heavy (non-hydrogen) atoms. The number of benzene rings is 2. The standard InChI is InChI=1S/C15H15NO2/c17-15(14-10-18-8-7-16-14)13-6-5-11-3-1-2-4-12(11)9-13/h1-6,9,14,16H,7-8,10H2. The van der Waals surface area contributed by atoms with Crippen LogP contribution in [-0.4, -0.2) is 31.6 Å². The minimum atomic E-state index is -0.208. The smallest absolute Gasteiger partial charge is 0.182 e. The Hall–Kier alpha value is -1.71. The van der Waals surface area contributed by atoms with Gasteiger partial charge in [0.2, 0.25) is 0 Å². The lowest BCUT2D eigenvalue weighted by atomic mass is 10.0. The van der Waals surface area contributed by atoms with E-state index in [9.17, 15) is 4.79 Å². The summed E-state index contributed by atoms with van der Waals surface area (Å²) >= 11 is 0. The van der Waals surface area contributed by atoms with E-state index in [0.717, 1.165) is 22.9 Å². The minimum Gasteiger partial charge on any atom is -0.378 e. The number of ether oxygens (including phenoxy) is 1. The Labute approximate surface area is 106 Å². The molecule has 0 spiro atoms. The van der Waals surface area contributed by atoms with Gasteiger partial charge in [-0.2, -0.15) is 0 Å². The van der Waals surface area contributed by atoms with Crippen LogP contribution in [0.5, 0.6) is 0 Å². The number of carbonyl (C=O) groups is 1. The van der Waals surface area contributed by atoms with E-state index in [4.69, 9.17) is 4.74 Å². The van der Waals surface area contributed by atoms with Crippen molar-refractivity contribution in [2.75, 3.05) is 19.8 Å². The number of morpholine rings is 1. The lowest BCUT2D eigenvalue weighted by molar-refractivity contribution is 0.0607. The molecule has 2 aromatic carbocycles. The summed E-state index contributed by atoms with van der Waals surface area (Å²) in [5.41, 5.74) is 0.747. The largest absolute Gasteiger partial charge is 0.378 e. The number of carbonyl (C=O) groups excluding carboxylic acids is 1. The van der Waals surface area contributed by atoms with E-state index in [2.05, 4.69) is 5.32 Å². The van der Waals surface area contributed by atoms with Gasteiger partial charge in [0, 0.05) is 12.1 Å². The van der Waals surface area contributed by atoms with E-state index in [1.807, 2.05) is 42.5 Å². The molecule has 0 aliphatic carbocycles. The van der Waals surface area contributed by atoms with Crippen LogP contribution in [0.25, 0.3) is 10.8 Å². The van der Waals surface area contributed by atoms with E-state index >= 15 is 0 Å². The molecule has 0 saturated carbocycles. The molecule has 3 heteroatoms. The third-order valence-corrected chi connectivity index (χ3v) is 3.27. The maximum Gasteiger partial charge on any atom is 0.182 e. The highest BCUT2D eigenvalue weighted by molar-refractivity contribution is 6.03. The average molecular weight is 241 g/mol. The van der Waals surface area contributed by atoms with Crippen molar-refractivity contribution in [2.45, 2.75) is 6.04 Å². The highest BCUT2D eigenvalue weighted by atomic mass is 16.5. The van der Waals surface area contributed by atoms with Gasteiger partial charge in [-0.25, -0.2) is 0 Å². The van der Waals surface area contributed by atoms with E-state index in [1.54, 1.807) is 0 Å². The van der Waals surface area contributed by atoms with Crippen molar-refractivity contribution in [1.82, 2.24) is 5.32 Å². The van der Waals surface area contributed by atoms with Crippen LogP contribution < -0.4 is 5.32 Å². The van der Waals surface area contributed by atoms with Gasteiger partial charge < -0.3 is 10.1 Å². The first-order chi connectivity index (χ1) is 8.84. The summed E-state index contributed by atoms with van der Waals surface area (Å²) < 4.78 is 5.33. The number of ketones is 1. The van der Waals surface area contributed by atoms with Gasteiger partial charge in [-0.15, -0.1) is 0 Å². The van der Waals surface area contributed by atoms with Crippen molar-refractivity contribution in [3.63, 3.8) is 0 Å². The highest BCUT2D eigenvalue weighted by Crippen LogP contribution is 2.17. The molecule has 92 valence electrons. The van der Waals surface area contributed by atoms with Crippen LogP contribution in [0, 0.1) is 0 Å². The zero-order valence-corrected chi connectivity index (χ0v) is 10.1. The average Bonchev–Trinajstić information content (AvgIpc) is 2.47. The molecule has 1 saturated heterocycles. The number of Topliss-reactive ketones (excluding diaryl/α,β-unsaturated/α-hetero) is 1. The summed E-state index contributed by atoms with van der Waals surface area (Å²) in [6.07, 6.45) is 0. The lowest BCUT2D eigenvalue weighted by Gasteiger charge is -2.22. The normalized spacial score (nSPS) is 19.9. The van der Waals surface area contributed by atoms with Gasteiger partial charge in [0.1, 0.15) is 0 Å². The molecular formula is C15H15NO2. The molecule has 1 fully saturated rings. The van der Waals surface area contributed by atoms with Gasteiger partial charge in [-0.05, 0) is 16.8 Å². The first kappa shape index (κ1) is 11.4. The van der Waals surface area contributed by atoms with Crippen LogP contribution in [0.1, 0.15) is 10.4 Å². The van der Waals surface area contributed by atoms with Crippen molar-refractivity contribution >= 4 is 16.6 Å². The molecule has 1 atom stereocenters. The third-order valence-electron chi connectivity index (χ3n) is 3.27. The molecule has 0 bridgehead atoms. The fourth-order valence-corrected chi connectivity index (χ4v) is 2.28. The summed E-state index contributed by atoms with van der Waals surface area (Å²) in [5.74, 6) is 0.112. The summed E-state index contributed by atoms with van der Waals surface area (Å²) in [6, 6.07) is 13.7. The quantitative estimate of drug-likeness (QED) is 0.817. The molecular weight excluding hydrogens is 226 g/mol. The molecule has 3 rings (SSSR count). The Kier molecular flexibility index (Phi) is 3.09. The molecule has 0 radical (unpaired) electrons. The Morgan fingerprint density at radius 3 is 2.78 bits per heavy atom. The second-order valence-corrected chi connectivity index (χ2v) is 4.51. The molecule has 1 heterocycles. The Morgan fingerprint density at radius 2 is 2.00 bits per heavy atom. The topological polar surface area (TPSA) is 38.3 Å². The lowest BCUT2D eigenvalue weighted by Crippen LogP contribution is -2.46. The number of hydrogen-bond acceptors (Lipinski definition) is 3. The molecule has 1 aliphatic heterocycles. The van der Waals surface area contributed by atoms with Gasteiger partial charge in [0.25, 0.3) is 0 Å². The van der Waals surface area contributed by atoms with E-state index in [0.29, 0.717) is 13.2 Å². The molecule has 3 nitrogen and oxygen atoms in total. The highest BCUT2D eigenvalue weighted by Gasteiger charge is 2.22. The van der Waals surface area contributed by atoms with Crippen LogP contribution in [0.15, 0.2) is 42.5 Å². The first-order valence-electron chi connectivity index (χ1n) is 6.19. The molecule has 1 unspecified atom stereocenters. The van der Waals surface area contributed by atoms with Gasteiger partial charge in [0.15, 0.2) is 5.78 Å². The molecule has 2 aromatic rings. The molecule has 1 N–H and O–H groups in total. The van der Waals surface area contributed by atoms with Crippen molar-refractivity contribution in [3.05, 3.63) is 48.0 Å². The van der Waals surface area contributed by atoms with E-state index < -0.39 is 0 Å². The monoisotopic (exact) mass is 241 g/mol. The van der Waals surface area contributed by atoms with E-state index in [1.165, 1.54) is 0 Å². The van der Waals surface area contributed by atoms with Crippen molar-refractivity contribution in [2.24, 2.45) is 0 Å². The molecule has 0 amide bonds. The van der Waals surface area contributed by atoms with Gasteiger partial charge in [-0.3, -0.25) is 4.79 Å². The molecule has 1 aliphatic rings. The van der Waals surface area contributed by atoms with Gasteiger partial charge in [-0.1, -0.05) is 36.4 Å². The minimum absolute atomic E-state index is 0.112. The number of fused-ring (bicyclic) bond motifs is 1. The summed E-state index contributed by atoms with van der Waals surface area (Å²) in [6.45, 7) is 1.89. The SMILES string of the molecule is O=C(c1ccc2ccccc2c1)C1COCCN1.